The molecule has 0 spiro atoms. The van der Waals surface area contributed by atoms with E-state index in [-0.39, 0.29) is 19.4 Å². The van der Waals surface area contributed by atoms with Crippen LogP contribution in [0.25, 0.3) is 11.0 Å². The van der Waals surface area contributed by atoms with E-state index in [1.165, 1.54) is 6.26 Å². The quantitative estimate of drug-likeness (QED) is 0.129. The van der Waals surface area contributed by atoms with E-state index < -0.39 is 31.3 Å². The van der Waals surface area contributed by atoms with Crippen molar-refractivity contribution in [2.75, 3.05) is 7.11 Å². The second kappa shape index (κ2) is 12.9. The first-order valence-corrected chi connectivity index (χ1v) is 12.1. The number of furan rings is 1. The van der Waals surface area contributed by atoms with Crippen LogP contribution < -0.4 is 15.4 Å². The Morgan fingerprint density at radius 2 is 1.66 bits per heavy atom. The summed E-state index contributed by atoms with van der Waals surface area (Å²) in [4.78, 5) is 26.7. The molecule has 10 heteroatoms. The van der Waals surface area contributed by atoms with Crippen molar-refractivity contribution in [3.63, 3.8) is 0 Å². The molecule has 0 aliphatic heterocycles. The van der Waals surface area contributed by atoms with Crippen molar-refractivity contribution in [2.45, 2.75) is 25.6 Å². The number of carbonyl (C=O) groups excluding carboxylic acids is 2. The number of fused-ring (bicyclic) bond motifs is 1. The largest absolute Gasteiger partial charge is 0.635 e. The minimum atomic E-state index is -2.13. The number of amides is 2. The van der Waals surface area contributed by atoms with Crippen LogP contribution in [-0.4, -0.2) is 42.5 Å². The van der Waals surface area contributed by atoms with Crippen LogP contribution in [0, 0.1) is 5.92 Å². The molecular weight excluding hydrogens is 487 g/mol. The van der Waals surface area contributed by atoms with E-state index in [0.717, 1.165) is 16.5 Å². The Kier molecular flexibility index (Phi) is 9.15. The molecule has 0 fully saturated rings. The van der Waals surface area contributed by atoms with Crippen molar-refractivity contribution in [3.8, 4) is 5.75 Å². The van der Waals surface area contributed by atoms with E-state index in [1.807, 2.05) is 60.7 Å². The average Bonchev–Trinajstić information content (AvgIpc) is 3.33. The highest BCUT2D eigenvalue weighted by Crippen LogP contribution is 2.22. The van der Waals surface area contributed by atoms with Crippen molar-refractivity contribution in [2.24, 2.45) is 5.92 Å². The second-order valence-electron chi connectivity index (χ2n) is 8.73. The number of ether oxygens (including phenoxy) is 1. The molecule has 0 aliphatic rings. The number of carbonyl (C=O) groups is 2. The first-order chi connectivity index (χ1) is 18.4. The highest BCUT2D eigenvalue weighted by molar-refractivity contribution is 6.32. The Morgan fingerprint density at radius 1 is 0.921 bits per heavy atom. The molecule has 0 saturated carbocycles. The average molecular weight is 516 g/mol. The summed E-state index contributed by atoms with van der Waals surface area (Å²) < 4.78 is 16.0. The van der Waals surface area contributed by atoms with Crippen LogP contribution >= 0.6 is 0 Å². The zero-order chi connectivity index (χ0) is 26.9. The molecule has 0 saturated heterocycles. The van der Waals surface area contributed by atoms with Crippen molar-refractivity contribution < 1.29 is 33.4 Å². The third-order valence-corrected chi connectivity index (χ3v) is 6.07. The van der Waals surface area contributed by atoms with Gasteiger partial charge in [-0.25, -0.2) is 0 Å². The molecule has 196 valence electrons. The number of para-hydroxylation sites is 1. The predicted molar refractivity (Wildman–Crippen MR) is 142 cm³/mol. The Hall–Kier alpha value is -4.12. The fourth-order valence-electron chi connectivity index (χ4n) is 4.18. The van der Waals surface area contributed by atoms with E-state index in [9.17, 15) is 19.6 Å². The molecule has 1 unspecified atom stereocenters. The minimum absolute atomic E-state index is 0.0872. The number of rotatable bonds is 12. The van der Waals surface area contributed by atoms with Gasteiger partial charge in [0.05, 0.1) is 13.4 Å². The zero-order valence-electron chi connectivity index (χ0n) is 20.9. The smallest absolute Gasteiger partial charge is 0.497 e. The van der Waals surface area contributed by atoms with Crippen LogP contribution in [0.1, 0.15) is 16.7 Å². The lowest BCUT2D eigenvalue weighted by Gasteiger charge is -2.23. The number of hydrogen-bond donors (Lipinski definition) is 4. The first kappa shape index (κ1) is 26.9. The molecule has 4 N–H and O–H groups in total. The van der Waals surface area contributed by atoms with Gasteiger partial charge in [-0.2, -0.15) is 0 Å². The fourth-order valence-corrected chi connectivity index (χ4v) is 4.18. The van der Waals surface area contributed by atoms with Crippen LogP contribution in [0.2, 0.25) is 0 Å². The maximum Gasteiger partial charge on any atom is 0.635 e. The maximum absolute atomic E-state index is 13.4. The highest BCUT2D eigenvalue weighted by Gasteiger charge is 2.30. The Labute approximate surface area is 220 Å². The van der Waals surface area contributed by atoms with Gasteiger partial charge in [0.15, 0.2) is 0 Å². The lowest BCUT2D eigenvalue weighted by atomic mass is 9.97. The van der Waals surface area contributed by atoms with Gasteiger partial charge in [0, 0.05) is 23.9 Å². The molecule has 38 heavy (non-hydrogen) atoms. The van der Waals surface area contributed by atoms with Gasteiger partial charge in [0.1, 0.15) is 23.5 Å². The summed E-state index contributed by atoms with van der Waals surface area (Å²) in [6.07, 6.45) is 0.621. The molecule has 0 bridgehead atoms. The van der Waals surface area contributed by atoms with E-state index in [4.69, 9.17) is 13.8 Å². The standard InChI is InChI=1S/C28H29BN2O7/c1-36-22-11-7-10-20(14-22)17-30-27(32)24(15-19-8-3-2-4-9-19)28(33)31-26(38-29(34)35)16-21-18-37-25-13-6-5-12-23(21)25/h2-14,18,24,26,34-35H,15-17H2,1H3,(H,30,32)(H,31,33)/t24?,26-/m1/s1. The first-order valence-electron chi connectivity index (χ1n) is 12.1. The van der Waals surface area contributed by atoms with E-state index in [0.29, 0.717) is 16.9 Å². The molecule has 4 aromatic rings. The van der Waals surface area contributed by atoms with Crippen molar-refractivity contribution in [1.82, 2.24) is 10.6 Å². The van der Waals surface area contributed by atoms with Gasteiger partial charge in [0.25, 0.3) is 0 Å². The number of methoxy groups -OCH3 is 1. The Balaban J connectivity index is 1.51. The Bertz CT molecular complexity index is 1360. The molecule has 0 aliphatic carbocycles. The molecule has 1 aromatic heterocycles. The Morgan fingerprint density at radius 3 is 2.42 bits per heavy atom. The van der Waals surface area contributed by atoms with Gasteiger partial charge in [-0.15, -0.1) is 0 Å². The number of nitrogens with one attached hydrogen (secondary N) is 2. The molecule has 2 atom stereocenters. The highest BCUT2D eigenvalue weighted by atomic mass is 16.6. The molecule has 9 nitrogen and oxygen atoms in total. The number of hydrogen-bond acceptors (Lipinski definition) is 7. The summed E-state index contributed by atoms with van der Waals surface area (Å²) >= 11 is 0. The topological polar surface area (TPSA) is 130 Å². The molecule has 4 rings (SSSR count). The minimum Gasteiger partial charge on any atom is -0.497 e. The van der Waals surface area contributed by atoms with Gasteiger partial charge in [-0.1, -0.05) is 60.7 Å². The predicted octanol–water partition coefficient (Wildman–Crippen LogP) is 2.59. The van der Waals surface area contributed by atoms with Gasteiger partial charge in [-0.05, 0) is 35.7 Å². The molecule has 0 radical (unpaired) electrons. The lowest BCUT2D eigenvalue weighted by molar-refractivity contribution is -0.137. The van der Waals surface area contributed by atoms with Crippen molar-refractivity contribution in [3.05, 3.63) is 102 Å². The van der Waals surface area contributed by atoms with Crippen LogP contribution in [0.4, 0.5) is 0 Å². The third-order valence-electron chi connectivity index (χ3n) is 6.07. The van der Waals surface area contributed by atoms with Crippen LogP contribution in [0.15, 0.2) is 89.5 Å². The van der Waals surface area contributed by atoms with Gasteiger partial charge in [0.2, 0.25) is 11.8 Å². The van der Waals surface area contributed by atoms with Crippen LogP contribution in [0.5, 0.6) is 5.75 Å². The summed E-state index contributed by atoms with van der Waals surface area (Å²) in [6.45, 7) is 0.199. The summed E-state index contributed by atoms with van der Waals surface area (Å²) in [6, 6.07) is 23.8. The second-order valence-corrected chi connectivity index (χ2v) is 8.73. The molecular formula is C28H29BN2O7. The van der Waals surface area contributed by atoms with E-state index in [2.05, 4.69) is 10.6 Å². The van der Waals surface area contributed by atoms with E-state index >= 15 is 0 Å². The summed E-state index contributed by atoms with van der Waals surface area (Å²) in [5.74, 6) is -1.54. The maximum atomic E-state index is 13.4. The zero-order valence-corrected chi connectivity index (χ0v) is 20.9. The van der Waals surface area contributed by atoms with Crippen molar-refractivity contribution in [1.29, 1.82) is 0 Å². The SMILES string of the molecule is COc1cccc(CNC(=O)C(Cc2ccccc2)C(=O)N[C@@H](Cc2coc3ccccc23)OB(O)O)c1. The summed E-state index contributed by atoms with van der Waals surface area (Å²) in [7, 11) is -0.570. The van der Waals surface area contributed by atoms with Gasteiger partial charge >= 0.3 is 7.32 Å². The summed E-state index contributed by atoms with van der Waals surface area (Å²) in [5.41, 5.74) is 2.96. The van der Waals surface area contributed by atoms with Gasteiger partial charge in [-0.3, -0.25) is 9.59 Å². The third kappa shape index (κ3) is 7.22. The van der Waals surface area contributed by atoms with Gasteiger partial charge < -0.3 is 34.5 Å². The molecule has 1 heterocycles. The monoisotopic (exact) mass is 516 g/mol. The lowest BCUT2D eigenvalue weighted by Crippen LogP contribution is -2.48. The summed E-state index contributed by atoms with van der Waals surface area (Å²) in [5, 5.41) is 25.3. The van der Waals surface area contributed by atoms with E-state index in [1.54, 1.807) is 25.3 Å². The fraction of sp³-hybridized carbons (Fsp3) is 0.214. The van der Waals surface area contributed by atoms with Crippen LogP contribution in [-0.2, 0) is 33.6 Å². The number of benzene rings is 3. The normalized spacial score (nSPS) is 12.5. The van der Waals surface area contributed by atoms with Crippen molar-refractivity contribution >= 4 is 30.1 Å². The molecule has 2 amide bonds. The molecule has 3 aromatic carbocycles. The van der Waals surface area contributed by atoms with Crippen LogP contribution in [0.3, 0.4) is 0 Å².